The van der Waals surface area contributed by atoms with Crippen molar-refractivity contribution in [2.45, 2.75) is 62.6 Å². The predicted octanol–water partition coefficient (Wildman–Crippen LogP) is 4.23. The molecule has 4 nitrogen and oxygen atoms in total. The van der Waals surface area contributed by atoms with Crippen molar-refractivity contribution in [1.82, 2.24) is 0 Å². The highest BCUT2D eigenvalue weighted by Crippen LogP contribution is 2.58. The molecule has 0 amide bonds. The Balaban J connectivity index is 1.44. The molecule has 158 valence electrons. The van der Waals surface area contributed by atoms with Gasteiger partial charge in [0.2, 0.25) is 0 Å². The van der Waals surface area contributed by atoms with Crippen LogP contribution in [-0.2, 0) is 9.84 Å². The number of hydrogen-bond acceptors (Lipinski definition) is 4. The Labute approximate surface area is 169 Å². The van der Waals surface area contributed by atoms with E-state index in [0.717, 1.165) is 37.5 Å². The molecule has 1 aromatic carbocycles. The molecule has 0 saturated heterocycles. The standard InChI is InChI=1S/C22H26F2O4S/c1-29(26,27)11-19(25)17-6-16(13-2-3-13)20(7-18(17)23)28-21-14-4-12-5-15(21)10-22(24,8-12)9-14/h6-7,12-15,21H,2-5,8-11H2,1H3. The molecule has 29 heavy (non-hydrogen) atoms. The molecular formula is C22H26F2O4S. The Morgan fingerprint density at radius 3 is 2.38 bits per heavy atom. The van der Waals surface area contributed by atoms with Gasteiger partial charge in [-0.25, -0.2) is 17.2 Å². The van der Waals surface area contributed by atoms with Gasteiger partial charge in [0.25, 0.3) is 0 Å². The number of alkyl halides is 1. The summed E-state index contributed by atoms with van der Waals surface area (Å²) in [5, 5.41) is 0. The molecule has 0 radical (unpaired) electrons. The van der Waals surface area contributed by atoms with Gasteiger partial charge in [0, 0.05) is 12.3 Å². The second-order valence-corrected chi connectivity index (χ2v) is 12.0. The van der Waals surface area contributed by atoms with Crippen LogP contribution in [0.3, 0.4) is 0 Å². The summed E-state index contributed by atoms with van der Waals surface area (Å²) < 4.78 is 59.0. The van der Waals surface area contributed by atoms with Gasteiger partial charge >= 0.3 is 0 Å². The van der Waals surface area contributed by atoms with Crippen molar-refractivity contribution < 1.29 is 26.7 Å². The minimum Gasteiger partial charge on any atom is -0.489 e. The maximum Gasteiger partial charge on any atom is 0.180 e. The fourth-order valence-corrected chi connectivity index (χ4v) is 6.77. The molecule has 0 N–H and O–H groups in total. The van der Waals surface area contributed by atoms with Crippen LogP contribution in [-0.4, -0.2) is 38.0 Å². The normalized spacial score (nSPS) is 35.7. The molecule has 4 bridgehead atoms. The van der Waals surface area contributed by atoms with Gasteiger partial charge in [-0.2, -0.15) is 0 Å². The molecule has 5 saturated carbocycles. The van der Waals surface area contributed by atoms with E-state index in [1.165, 1.54) is 12.1 Å². The molecule has 5 aliphatic carbocycles. The zero-order valence-corrected chi connectivity index (χ0v) is 17.3. The number of Topliss-reactive ketones (excluding diaryl/α,β-unsaturated/α-hetero) is 1. The van der Waals surface area contributed by atoms with Gasteiger partial charge in [-0.05, 0) is 80.2 Å². The van der Waals surface area contributed by atoms with Crippen molar-refractivity contribution in [2.24, 2.45) is 17.8 Å². The first kappa shape index (κ1) is 19.5. The lowest BCUT2D eigenvalue weighted by atomic mass is 9.53. The zero-order chi connectivity index (χ0) is 20.6. The Morgan fingerprint density at radius 2 is 1.83 bits per heavy atom. The molecule has 5 fully saturated rings. The molecule has 1 aromatic rings. The van der Waals surface area contributed by atoms with Crippen LogP contribution in [0.2, 0.25) is 0 Å². The highest BCUT2D eigenvalue weighted by Gasteiger charge is 2.57. The number of benzene rings is 1. The summed E-state index contributed by atoms with van der Waals surface area (Å²) in [5.41, 5.74) is -0.451. The number of carbonyl (C=O) groups excluding carboxylic acids is 1. The third-order valence-electron chi connectivity index (χ3n) is 7.19. The minimum atomic E-state index is -3.54. The van der Waals surface area contributed by atoms with Crippen LogP contribution in [0.25, 0.3) is 0 Å². The van der Waals surface area contributed by atoms with Gasteiger partial charge in [-0.1, -0.05) is 0 Å². The van der Waals surface area contributed by atoms with E-state index < -0.39 is 32.9 Å². The SMILES string of the molecule is CS(=O)(=O)CC(=O)c1cc(C2CC2)c(OC2C3CC4CC2CC(F)(C4)C3)cc1F. The highest BCUT2D eigenvalue weighted by atomic mass is 32.2. The fraction of sp³-hybridized carbons (Fsp3) is 0.682. The lowest BCUT2D eigenvalue weighted by molar-refractivity contribution is -0.134. The predicted molar refractivity (Wildman–Crippen MR) is 104 cm³/mol. The van der Waals surface area contributed by atoms with Crippen LogP contribution in [0, 0.1) is 23.6 Å². The molecule has 7 heteroatoms. The molecule has 0 aliphatic heterocycles. The third kappa shape index (κ3) is 3.71. The van der Waals surface area contributed by atoms with E-state index in [9.17, 15) is 22.0 Å². The van der Waals surface area contributed by atoms with E-state index in [2.05, 4.69) is 0 Å². The molecule has 0 spiro atoms. The van der Waals surface area contributed by atoms with E-state index in [0.29, 0.717) is 30.9 Å². The van der Waals surface area contributed by atoms with Crippen molar-refractivity contribution in [3.05, 3.63) is 29.1 Å². The lowest BCUT2D eigenvalue weighted by Crippen LogP contribution is -2.56. The molecule has 2 atom stereocenters. The van der Waals surface area contributed by atoms with E-state index in [4.69, 9.17) is 4.74 Å². The lowest BCUT2D eigenvalue weighted by Gasteiger charge is -2.56. The number of halogens is 2. The molecular weight excluding hydrogens is 398 g/mol. The van der Waals surface area contributed by atoms with Gasteiger partial charge in [0.05, 0.1) is 5.56 Å². The maximum absolute atomic E-state index is 15.0. The second-order valence-electron chi connectivity index (χ2n) is 9.84. The number of sulfone groups is 1. The molecule has 5 aliphatic rings. The molecule has 0 aromatic heterocycles. The Kier molecular flexibility index (Phi) is 4.36. The number of ketones is 1. The van der Waals surface area contributed by atoms with Crippen molar-refractivity contribution in [3.63, 3.8) is 0 Å². The van der Waals surface area contributed by atoms with Crippen LogP contribution < -0.4 is 4.74 Å². The summed E-state index contributed by atoms with van der Waals surface area (Å²) in [6.07, 6.45) is 6.40. The summed E-state index contributed by atoms with van der Waals surface area (Å²) in [7, 11) is -3.54. The number of rotatable bonds is 6. The minimum absolute atomic E-state index is 0.107. The maximum atomic E-state index is 15.0. The third-order valence-corrected chi connectivity index (χ3v) is 7.97. The summed E-state index contributed by atoms with van der Waals surface area (Å²) in [4.78, 5) is 12.3. The van der Waals surface area contributed by atoms with E-state index in [1.807, 2.05) is 0 Å². The number of ether oxygens (including phenoxy) is 1. The zero-order valence-electron chi connectivity index (χ0n) is 16.5. The first-order valence-corrected chi connectivity index (χ1v) is 12.6. The Bertz CT molecular complexity index is 953. The van der Waals surface area contributed by atoms with Gasteiger partial charge < -0.3 is 4.74 Å². The van der Waals surface area contributed by atoms with Gasteiger partial charge in [0.1, 0.15) is 29.1 Å². The Hall–Kier alpha value is -1.50. The summed E-state index contributed by atoms with van der Waals surface area (Å²) in [6, 6.07) is 2.74. The summed E-state index contributed by atoms with van der Waals surface area (Å²) >= 11 is 0. The Morgan fingerprint density at radius 1 is 1.17 bits per heavy atom. The van der Waals surface area contributed by atoms with Crippen molar-refractivity contribution in [1.29, 1.82) is 0 Å². The first-order valence-electron chi connectivity index (χ1n) is 10.5. The van der Waals surface area contributed by atoms with Gasteiger partial charge in [-0.15, -0.1) is 0 Å². The van der Waals surface area contributed by atoms with Crippen molar-refractivity contribution >= 4 is 15.6 Å². The molecule has 6 rings (SSSR count). The van der Waals surface area contributed by atoms with Crippen LogP contribution in [0.4, 0.5) is 8.78 Å². The summed E-state index contributed by atoms with van der Waals surface area (Å²) in [6.45, 7) is 0. The second kappa shape index (κ2) is 6.50. The fourth-order valence-electron chi connectivity index (χ4n) is 6.13. The largest absolute Gasteiger partial charge is 0.489 e. The van der Waals surface area contributed by atoms with Gasteiger partial charge in [-0.3, -0.25) is 4.79 Å². The quantitative estimate of drug-likeness (QED) is 0.642. The number of carbonyl (C=O) groups is 1. The summed E-state index contributed by atoms with van der Waals surface area (Å²) in [5.74, 6) is -0.767. The first-order chi connectivity index (χ1) is 13.6. The van der Waals surface area contributed by atoms with Crippen LogP contribution in [0.1, 0.15) is 66.8 Å². The van der Waals surface area contributed by atoms with E-state index in [1.54, 1.807) is 0 Å². The van der Waals surface area contributed by atoms with Crippen LogP contribution in [0.5, 0.6) is 5.75 Å². The molecule has 2 unspecified atom stereocenters. The number of hydrogen-bond donors (Lipinski definition) is 0. The molecule has 0 heterocycles. The van der Waals surface area contributed by atoms with Crippen LogP contribution in [0.15, 0.2) is 12.1 Å². The van der Waals surface area contributed by atoms with Gasteiger partial charge in [0.15, 0.2) is 15.6 Å². The van der Waals surface area contributed by atoms with E-state index >= 15 is 0 Å². The average molecular weight is 425 g/mol. The average Bonchev–Trinajstić information content (AvgIpc) is 3.40. The van der Waals surface area contributed by atoms with Crippen molar-refractivity contribution in [2.75, 3.05) is 12.0 Å². The monoisotopic (exact) mass is 424 g/mol. The van der Waals surface area contributed by atoms with Crippen LogP contribution >= 0.6 is 0 Å². The highest BCUT2D eigenvalue weighted by molar-refractivity contribution is 7.91. The van der Waals surface area contributed by atoms with Crippen molar-refractivity contribution in [3.8, 4) is 5.75 Å². The smallest absolute Gasteiger partial charge is 0.180 e. The van der Waals surface area contributed by atoms with E-state index in [-0.39, 0.29) is 29.4 Å². The topological polar surface area (TPSA) is 60.4 Å².